The fourth-order valence-corrected chi connectivity index (χ4v) is 2.16. The molecule has 1 aliphatic rings. The molecular weight excluding hydrogens is 233 g/mol. The van der Waals surface area contributed by atoms with E-state index in [1.165, 1.54) is 6.20 Å². The smallest absolute Gasteiger partial charge is 0.141 e. The summed E-state index contributed by atoms with van der Waals surface area (Å²) in [7, 11) is 0. The first-order valence-corrected chi connectivity index (χ1v) is 6.42. The monoisotopic (exact) mass is 253 g/mol. The molecule has 1 N–H and O–H groups in total. The minimum Gasteiger partial charge on any atom is -0.377 e. The minimum absolute atomic E-state index is 0.275. The van der Waals surface area contributed by atoms with Gasteiger partial charge >= 0.3 is 0 Å². The van der Waals surface area contributed by atoms with Crippen LogP contribution in [0, 0.1) is 5.82 Å². The van der Waals surface area contributed by atoms with Gasteiger partial charge in [0.15, 0.2) is 0 Å². The van der Waals surface area contributed by atoms with Gasteiger partial charge in [-0.2, -0.15) is 0 Å². The van der Waals surface area contributed by atoms with Gasteiger partial charge in [-0.1, -0.05) is 6.92 Å². The number of aromatic nitrogens is 1. The van der Waals surface area contributed by atoms with E-state index >= 15 is 0 Å². The van der Waals surface area contributed by atoms with Gasteiger partial charge in [0.25, 0.3) is 0 Å². The summed E-state index contributed by atoms with van der Waals surface area (Å²) in [5, 5.41) is 3.22. The summed E-state index contributed by atoms with van der Waals surface area (Å²) in [5.41, 5.74) is 0.908. The molecule has 1 aromatic rings. The lowest BCUT2D eigenvalue weighted by atomic mass is 10.2. The normalized spacial score (nSPS) is 20.2. The zero-order valence-corrected chi connectivity index (χ0v) is 10.9. The average Bonchev–Trinajstić information content (AvgIpc) is 2.37. The maximum atomic E-state index is 13.3. The van der Waals surface area contributed by atoms with Crippen molar-refractivity contribution in [2.75, 3.05) is 31.2 Å². The first-order valence-electron chi connectivity index (χ1n) is 6.42. The summed E-state index contributed by atoms with van der Waals surface area (Å²) < 4.78 is 18.7. The highest BCUT2D eigenvalue weighted by Gasteiger charge is 2.22. The minimum atomic E-state index is -0.285. The molecule has 4 nitrogen and oxygen atoms in total. The van der Waals surface area contributed by atoms with Gasteiger partial charge in [-0.25, -0.2) is 9.37 Å². The van der Waals surface area contributed by atoms with Crippen molar-refractivity contribution >= 4 is 5.82 Å². The molecule has 0 aliphatic carbocycles. The highest BCUT2D eigenvalue weighted by molar-refractivity contribution is 5.48. The predicted molar refractivity (Wildman–Crippen MR) is 69.2 cm³/mol. The summed E-state index contributed by atoms with van der Waals surface area (Å²) in [5.74, 6) is 0.584. The van der Waals surface area contributed by atoms with Crippen molar-refractivity contribution in [3.63, 3.8) is 0 Å². The third-order valence-corrected chi connectivity index (χ3v) is 3.11. The third-order valence-electron chi connectivity index (χ3n) is 3.11. The number of hydrogen-bond acceptors (Lipinski definition) is 4. The Labute approximate surface area is 107 Å². The van der Waals surface area contributed by atoms with E-state index in [4.69, 9.17) is 4.74 Å². The molecule has 1 saturated heterocycles. The second kappa shape index (κ2) is 6.11. The summed E-state index contributed by atoms with van der Waals surface area (Å²) in [6.07, 6.45) is 1.28. The van der Waals surface area contributed by atoms with E-state index in [9.17, 15) is 4.39 Å². The Hall–Kier alpha value is -1.20. The Morgan fingerprint density at radius 3 is 3.17 bits per heavy atom. The highest BCUT2D eigenvalue weighted by atomic mass is 19.1. The van der Waals surface area contributed by atoms with E-state index in [0.29, 0.717) is 19.8 Å². The summed E-state index contributed by atoms with van der Waals surface area (Å²) >= 11 is 0. The lowest BCUT2D eigenvalue weighted by Gasteiger charge is -2.35. The Balaban J connectivity index is 2.24. The molecule has 5 heteroatoms. The molecule has 2 rings (SSSR count). The van der Waals surface area contributed by atoms with Gasteiger partial charge < -0.3 is 15.0 Å². The molecule has 1 fully saturated rings. The number of nitrogens with zero attached hydrogens (tertiary/aromatic N) is 2. The largest absolute Gasteiger partial charge is 0.377 e. The molecular formula is C13H20FN3O. The topological polar surface area (TPSA) is 37.4 Å². The average molecular weight is 253 g/mol. The van der Waals surface area contributed by atoms with Crippen LogP contribution in [0.3, 0.4) is 0 Å². The zero-order valence-electron chi connectivity index (χ0n) is 10.9. The second-order valence-electron chi connectivity index (χ2n) is 4.53. The number of morpholine rings is 1. The lowest BCUT2D eigenvalue weighted by Crippen LogP contribution is -2.44. The molecule has 1 atom stereocenters. The van der Waals surface area contributed by atoms with Crippen LogP contribution in [0.2, 0.25) is 0 Å². The molecule has 0 spiro atoms. The highest BCUT2D eigenvalue weighted by Crippen LogP contribution is 2.22. The Morgan fingerprint density at radius 2 is 2.44 bits per heavy atom. The molecule has 18 heavy (non-hydrogen) atoms. The Morgan fingerprint density at radius 1 is 1.61 bits per heavy atom. The van der Waals surface area contributed by atoms with Crippen molar-refractivity contribution in [3.05, 3.63) is 23.6 Å². The first-order chi connectivity index (χ1) is 8.72. The van der Waals surface area contributed by atoms with Gasteiger partial charge in [-0.3, -0.25) is 0 Å². The molecule has 1 unspecified atom stereocenters. The van der Waals surface area contributed by atoms with E-state index in [1.54, 1.807) is 6.07 Å². The van der Waals surface area contributed by atoms with E-state index in [-0.39, 0.29) is 11.9 Å². The van der Waals surface area contributed by atoms with Crippen molar-refractivity contribution in [1.29, 1.82) is 0 Å². The fraction of sp³-hybridized carbons (Fsp3) is 0.615. The molecule has 0 saturated carbocycles. The van der Waals surface area contributed by atoms with E-state index in [1.807, 2.05) is 6.92 Å². The van der Waals surface area contributed by atoms with Crippen LogP contribution >= 0.6 is 0 Å². The molecule has 0 bridgehead atoms. The van der Waals surface area contributed by atoms with Crippen molar-refractivity contribution in [2.45, 2.75) is 26.4 Å². The maximum Gasteiger partial charge on any atom is 0.141 e. The number of hydrogen-bond donors (Lipinski definition) is 1. The SMILES string of the molecule is CCNCc1cc(F)cnc1N1CCOCC1C. The van der Waals surface area contributed by atoms with Gasteiger partial charge in [0.1, 0.15) is 11.6 Å². The van der Waals surface area contributed by atoms with Crippen molar-refractivity contribution in [2.24, 2.45) is 0 Å². The fourth-order valence-electron chi connectivity index (χ4n) is 2.16. The van der Waals surface area contributed by atoms with Gasteiger partial charge in [0.2, 0.25) is 0 Å². The van der Waals surface area contributed by atoms with Crippen LogP contribution in [0.1, 0.15) is 19.4 Å². The molecule has 0 radical (unpaired) electrons. The quantitative estimate of drug-likeness (QED) is 0.883. The van der Waals surface area contributed by atoms with E-state index in [0.717, 1.165) is 24.5 Å². The van der Waals surface area contributed by atoms with Crippen molar-refractivity contribution in [1.82, 2.24) is 10.3 Å². The molecule has 1 aromatic heterocycles. The van der Waals surface area contributed by atoms with Gasteiger partial charge in [-0.15, -0.1) is 0 Å². The number of nitrogens with one attached hydrogen (secondary N) is 1. The van der Waals surface area contributed by atoms with Crippen LogP contribution in [-0.4, -0.2) is 37.3 Å². The summed E-state index contributed by atoms with van der Waals surface area (Å²) in [6, 6.07) is 1.84. The molecule has 100 valence electrons. The summed E-state index contributed by atoms with van der Waals surface area (Å²) in [6.45, 7) is 7.82. The Bertz CT molecular complexity index is 400. The standard InChI is InChI=1S/C13H20FN3O/c1-3-15-7-11-6-12(14)8-16-13(11)17-4-5-18-9-10(17)2/h6,8,10,15H,3-5,7,9H2,1-2H3. The van der Waals surface area contributed by atoms with E-state index in [2.05, 4.69) is 22.1 Å². The van der Waals surface area contributed by atoms with Gasteiger partial charge in [0, 0.05) is 18.7 Å². The Kier molecular flexibility index (Phi) is 4.49. The molecule has 2 heterocycles. The third kappa shape index (κ3) is 2.97. The van der Waals surface area contributed by atoms with Crippen LogP contribution in [-0.2, 0) is 11.3 Å². The second-order valence-corrected chi connectivity index (χ2v) is 4.53. The van der Waals surface area contributed by atoms with Crippen molar-refractivity contribution in [3.8, 4) is 0 Å². The van der Waals surface area contributed by atoms with Crippen LogP contribution < -0.4 is 10.2 Å². The number of ether oxygens (including phenoxy) is 1. The van der Waals surface area contributed by atoms with Crippen LogP contribution in [0.15, 0.2) is 12.3 Å². The van der Waals surface area contributed by atoms with Crippen LogP contribution in [0.5, 0.6) is 0 Å². The predicted octanol–water partition coefficient (Wildman–Crippen LogP) is 1.56. The van der Waals surface area contributed by atoms with Crippen molar-refractivity contribution < 1.29 is 9.13 Å². The zero-order chi connectivity index (χ0) is 13.0. The lowest BCUT2D eigenvalue weighted by molar-refractivity contribution is 0.0984. The number of rotatable bonds is 4. The molecule has 0 aromatic carbocycles. The van der Waals surface area contributed by atoms with E-state index < -0.39 is 0 Å². The van der Waals surface area contributed by atoms with Gasteiger partial charge in [-0.05, 0) is 19.5 Å². The van der Waals surface area contributed by atoms with Crippen LogP contribution in [0.25, 0.3) is 0 Å². The number of halogens is 1. The number of anilines is 1. The van der Waals surface area contributed by atoms with Gasteiger partial charge in [0.05, 0.1) is 25.5 Å². The van der Waals surface area contributed by atoms with Crippen LogP contribution in [0.4, 0.5) is 10.2 Å². The number of pyridine rings is 1. The molecule has 0 amide bonds. The first kappa shape index (κ1) is 13.2. The summed E-state index contributed by atoms with van der Waals surface area (Å²) in [4.78, 5) is 6.45. The maximum absolute atomic E-state index is 13.3. The molecule has 1 aliphatic heterocycles.